The van der Waals surface area contributed by atoms with Gasteiger partial charge in [-0.3, -0.25) is 4.79 Å². The molecule has 0 bridgehead atoms. The highest BCUT2D eigenvalue weighted by Crippen LogP contribution is 2.02. The monoisotopic (exact) mass is 222 g/mol. The van der Waals surface area contributed by atoms with Crippen molar-refractivity contribution in [1.29, 1.82) is 0 Å². The molecule has 0 aromatic carbocycles. The Bertz CT molecular complexity index is 189. The molecule has 0 fully saturated rings. The smallest absolute Gasteiger partial charge is 0.406 e. The Morgan fingerprint density at radius 1 is 1.38 bits per heavy atom. The molecule has 13 heavy (non-hydrogen) atoms. The van der Waals surface area contributed by atoms with Gasteiger partial charge in [0.25, 0.3) is 5.24 Å². The number of carbonyl (C=O) groups is 2. The maximum Gasteiger partial charge on any atom is 0.406 e. The molecule has 0 aromatic heterocycles. The van der Waals surface area contributed by atoms with E-state index in [1.54, 1.807) is 0 Å². The molecular weight excluding hydrogens is 208 g/mol. The molecular formula is C6H14N2O3SSi. The average Bonchev–Trinajstić information content (AvgIpc) is 2.00. The van der Waals surface area contributed by atoms with Crippen molar-refractivity contribution < 1.29 is 14.7 Å². The number of rotatable bonds is 4. The third-order valence-corrected chi connectivity index (χ3v) is 4.76. The molecule has 0 atom stereocenters. The Labute approximate surface area is 82.9 Å². The number of amides is 2. The van der Waals surface area contributed by atoms with Crippen molar-refractivity contribution in [3.63, 3.8) is 0 Å². The molecule has 0 rings (SSSR count). The van der Waals surface area contributed by atoms with Gasteiger partial charge in [0.15, 0.2) is 0 Å². The second-order valence-electron chi connectivity index (χ2n) is 2.83. The van der Waals surface area contributed by atoms with Gasteiger partial charge in [-0.1, -0.05) is 24.9 Å². The number of hydrogen-bond acceptors (Lipinski definition) is 3. The molecule has 76 valence electrons. The highest BCUT2D eigenvalue weighted by atomic mass is 32.2. The third-order valence-electron chi connectivity index (χ3n) is 1.02. The van der Waals surface area contributed by atoms with Crippen LogP contribution in [0.1, 0.15) is 0 Å². The molecule has 0 aromatic rings. The fourth-order valence-electron chi connectivity index (χ4n) is 0.485. The normalized spacial score (nSPS) is 9.77. The van der Waals surface area contributed by atoms with E-state index in [2.05, 4.69) is 18.4 Å². The summed E-state index contributed by atoms with van der Waals surface area (Å²) in [5.41, 5.74) is 0. The molecule has 2 amide bonds. The largest absolute Gasteiger partial charge is 0.465 e. The van der Waals surface area contributed by atoms with E-state index in [1.807, 2.05) is 5.32 Å². The van der Waals surface area contributed by atoms with Crippen LogP contribution in [0, 0.1) is 0 Å². The summed E-state index contributed by atoms with van der Waals surface area (Å²) >= 11 is 1.21. The first kappa shape index (κ1) is 12.3. The summed E-state index contributed by atoms with van der Waals surface area (Å²) in [6.07, 6.45) is -1.14. The van der Waals surface area contributed by atoms with Gasteiger partial charge in [0.2, 0.25) is 0 Å². The van der Waals surface area contributed by atoms with E-state index in [4.69, 9.17) is 5.11 Å². The molecule has 7 heteroatoms. The van der Waals surface area contributed by atoms with Crippen molar-refractivity contribution in [2.24, 2.45) is 0 Å². The Balaban J connectivity index is 3.35. The number of nitrogens with one attached hydrogen (secondary N) is 2. The Morgan fingerprint density at radius 2 is 2.00 bits per heavy atom. The standard InChI is InChI=1S/C6H14N2O3SSi/c1-13(2)4-12-6(11)8-3-7-5(9)10/h7,13H,3-4H2,1-2H3,(H,8,11)(H,9,10). The van der Waals surface area contributed by atoms with Crippen molar-refractivity contribution in [2.45, 2.75) is 13.1 Å². The fraction of sp³-hybridized carbons (Fsp3) is 0.667. The third kappa shape index (κ3) is 9.22. The van der Waals surface area contributed by atoms with E-state index in [1.165, 1.54) is 11.8 Å². The van der Waals surface area contributed by atoms with Crippen LogP contribution in [0.2, 0.25) is 13.1 Å². The molecule has 0 aliphatic carbocycles. The van der Waals surface area contributed by atoms with E-state index in [-0.39, 0.29) is 11.9 Å². The quantitative estimate of drug-likeness (QED) is 0.483. The number of hydrogen-bond donors (Lipinski definition) is 3. The van der Waals surface area contributed by atoms with E-state index in [0.29, 0.717) is 0 Å². The van der Waals surface area contributed by atoms with Gasteiger partial charge in [-0.15, -0.1) is 0 Å². The molecule has 0 heterocycles. The SMILES string of the molecule is C[SiH](C)CSC(=O)NCNC(=O)O. The lowest BCUT2D eigenvalue weighted by molar-refractivity contribution is 0.194. The molecule has 0 spiro atoms. The van der Waals surface area contributed by atoms with Gasteiger partial charge in [-0.05, 0) is 5.38 Å². The van der Waals surface area contributed by atoms with Crippen molar-refractivity contribution in [2.75, 3.05) is 12.0 Å². The lowest BCUT2D eigenvalue weighted by Gasteiger charge is -2.04. The van der Waals surface area contributed by atoms with Gasteiger partial charge >= 0.3 is 6.09 Å². The summed E-state index contributed by atoms with van der Waals surface area (Å²) in [6, 6.07) is 0. The van der Waals surface area contributed by atoms with Crippen LogP contribution in [-0.4, -0.2) is 37.3 Å². The zero-order valence-electron chi connectivity index (χ0n) is 7.66. The Morgan fingerprint density at radius 3 is 2.46 bits per heavy atom. The first-order valence-electron chi connectivity index (χ1n) is 3.89. The van der Waals surface area contributed by atoms with Gasteiger partial charge in [-0.25, -0.2) is 4.79 Å². The minimum Gasteiger partial charge on any atom is -0.465 e. The minimum atomic E-state index is -1.14. The highest BCUT2D eigenvalue weighted by Gasteiger charge is 2.03. The lowest BCUT2D eigenvalue weighted by atomic mass is 10.9. The average molecular weight is 222 g/mol. The first-order valence-corrected chi connectivity index (χ1v) is 8.01. The summed E-state index contributed by atoms with van der Waals surface area (Å²) in [6.45, 7) is 4.27. The molecule has 0 unspecified atom stereocenters. The highest BCUT2D eigenvalue weighted by molar-refractivity contribution is 8.14. The predicted molar refractivity (Wildman–Crippen MR) is 55.9 cm³/mol. The van der Waals surface area contributed by atoms with Gasteiger partial charge in [0.1, 0.15) is 0 Å². The summed E-state index contributed by atoms with van der Waals surface area (Å²) in [4.78, 5) is 21.0. The van der Waals surface area contributed by atoms with Crippen LogP contribution < -0.4 is 10.6 Å². The van der Waals surface area contributed by atoms with E-state index < -0.39 is 14.9 Å². The summed E-state index contributed by atoms with van der Waals surface area (Å²) in [7, 11) is -0.715. The lowest BCUT2D eigenvalue weighted by Crippen LogP contribution is -2.35. The maximum absolute atomic E-state index is 11.0. The van der Waals surface area contributed by atoms with Crippen molar-refractivity contribution >= 4 is 31.9 Å². The van der Waals surface area contributed by atoms with Crippen LogP contribution >= 0.6 is 11.8 Å². The van der Waals surface area contributed by atoms with Gasteiger partial charge in [0, 0.05) is 8.80 Å². The molecule has 0 aliphatic rings. The summed E-state index contributed by atoms with van der Waals surface area (Å²) in [5, 5.41) is 13.4. The van der Waals surface area contributed by atoms with Crippen LogP contribution in [-0.2, 0) is 0 Å². The fourth-order valence-corrected chi connectivity index (χ4v) is 2.60. The Hall–Kier alpha value is -0.693. The van der Waals surface area contributed by atoms with Gasteiger partial charge in [-0.2, -0.15) is 0 Å². The number of thioether (sulfide) groups is 1. The van der Waals surface area contributed by atoms with Crippen LogP contribution in [0.3, 0.4) is 0 Å². The zero-order valence-corrected chi connectivity index (χ0v) is 9.63. The zero-order chi connectivity index (χ0) is 10.3. The molecule has 0 radical (unpaired) electrons. The first-order chi connectivity index (χ1) is 6.02. The van der Waals surface area contributed by atoms with Gasteiger partial charge < -0.3 is 15.7 Å². The van der Waals surface area contributed by atoms with E-state index in [0.717, 1.165) is 5.38 Å². The predicted octanol–water partition coefficient (Wildman–Crippen LogP) is 0.680. The van der Waals surface area contributed by atoms with Crippen molar-refractivity contribution in [3.05, 3.63) is 0 Å². The van der Waals surface area contributed by atoms with Crippen molar-refractivity contribution in [3.8, 4) is 0 Å². The minimum absolute atomic E-state index is 0.0270. The second kappa shape index (κ2) is 6.78. The topological polar surface area (TPSA) is 78.4 Å². The van der Waals surface area contributed by atoms with Crippen LogP contribution in [0.25, 0.3) is 0 Å². The molecule has 0 saturated heterocycles. The van der Waals surface area contributed by atoms with Crippen LogP contribution in [0.15, 0.2) is 0 Å². The summed E-state index contributed by atoms with van der Waals surface area (Å²) < 4.78 is 0. The van der Waals surface area contributed by atoms with Gasteiger partial charge in [0.05, 0.1) is 6.67 Å². The molecule has 5 nitrogen and oxygen atoms in total. The van der Waals surface area contributed by atoms with E-state index in [9.17, 15) is 9.59 Å². The van der Waals surface area contributed by atoms with E-state index >= 15 is 0 Å². The molecule has 0 aliphatic heterocycles. The van der Waals surface area contributed by atoms with Crippen LogP contribution in [0.4, 0.5) is 9.59 Å². The summed E-state index contributed by atoms with van der Waals surface area (Å²) in [5.74, 6) is 0. The molecule has 3 N–H and O–H groups in total. The number of carbonyl (C=O) groups excluding carboxylic acids is 1. The maximum atomic E-state index is 11.0. The molecule has 0 saturated carbocycles. The second-order valence-corrected chi connectivity index (χ2v) is 7.61. The van der Waals surface area contributed by atoms with Crippen LogP contribution in [0.5, 0.6) is 0 Å². The van der Waals surface area contributed by atoms with Crippen molar-refractivity contribution in [1.82, 2.24) is 10.6 Å². The number of carboxylic acid groups (broad SMARTS) is 1. The Kier molecular flexibility index (Phi) is 6.42.